The Bertz CT molecular complexity index is 632. The summed E-state index contributed by atoms with van der Waals surface area (Å²) in [6, 6.07) is 17.5. The second-order valence-electron chi connectivity index (χ2n) is 5.35. The van der Waals surface area contributed by atoms with E-state index in [1.54, 1.807) is 0 Å². The lowest BCUT2D eigenvalue weighted by atomic mass is 10.0. The Labute approximate surface area is 130 Å². The van der Waals surface area contributed by atoms with Crippen molar-refractivity contribution in [3.05, 3.63) is 71.3 Å². The minimum atomic E-state index is -0.460. The quantitative estimate of drug-likeness (QED) is 0.579. The van der Waals surface area contributed by atoms with E-state index in [9.17, 15) is 9.59 Å². The van der Waals surface area contributed by atoms with Crippen molar-refractivity contribution in [3.63, 3.8) is 0 Å². The van der Waals surface area contributed by atoms with E-state index in [-0.39, 0.29) is 18.8 Å². The van der Waals surface area contributed by atoms with Crippen LogP contribution in [-0.2, 0) is 27.4 Å². The maximum atomic E-state index is 11.8. The molecule has 2 rings (SSSR count). The summed E-state index contributed by atoms with van der Waals surface area (Å²) in [6.45, 7) is 2.23. The summed E-state index contributed by atoms with van der Waals surface area (Å²) < 4.78 is 5.11. The number of hydrogen-bond acceptors (Lipinski definition) is 3. The molecule has 0 aliphatic rings. The van der Waals surface area contributed by atoms with Crippen LogP contribution in [0.2, 0.25) is 0 Å². The number of Topliss-reactive ketones (excluding diaryl/α,β-unsaturated/α-hetero) is 1. The minimum absolute atomic E-state index is 0.0837. The van der Waals surface area contributed by atoms with Crippen molar-refractivity contribution in [1.82, 2.24) is 0 Å². The molecule has 0 atom stereocenters. The van der Waals surface area contributed by atoms with Gasteiger partial charge in [-0.05, 0) is 24.5 Å². The van der Waals surface area contributed by atoms with Crippen molar-refractivity contribution < 1.29 is 14.3 Å². The van der Waals surface area contributed by atoms with Gasteiger partial charge in [0.2, 0.25) is 0 Å². The van der Waals surface area contributed by atoms with Crippen molar-refractivity contribution in [2.75, 3.05) is 0 Å². The van der Waals surface area contributed by atoms with E-state index in [1.807, 2.05) is 55.5 Å². The topological polar surface area (TPSA) is 43.4 Å². The van der Waals surface area contributed by atoms with Crippen LogP contribution in [0, 0.1) is 6.92 Å². The maximum absolute atomic E-state index is 11.8. The first-order valence-electron chi connectivity index (χ1n) is 7.40. The highest BCUT2D eigenvalue weighted by atomic mass is 16.5. The number of ketones is 1. The molecule has 2 aromatic carbocycles. The average Bonchev–Trinajstić information content (AvgIpc) is 2.52. The second-order valence-corrected chi connectivity index (χ2v) is 5.35. The summed E-state index contributed by atoms with van der Waals surface area (Å²) in [4.78, 5) is 23.5. The Kier molecular flexibility index (Phi) is 5.90. The number of benzene rings is 2. The van der Waals surface area contributed by atoms with Crippen LogP contribution in [0.3, 0.4) is 0 Å². The molecular weight excluding hydrogens is 276 g/mol. The molecule has 3 nitrogen and oxygen atoms in total. The lowest BCUT2D eigenvalue weighted by Crippen LogP contribution is -2.12. The molecule has 0 radical (unpaired) electrons. The third-order valence-corrected chi connectivity index (χ3v) is 3.36. The normalized spacial score (nSPS) is 10.2. The van der Waals surface area contributed by atoms with Crippen LogP contribution in [0.25, 0.3) is 0 Å². The highest BCUT2D eigenvalue weighted by Gasteiger charge is 2.11. The first kappa shape index (κ1) is 16.0. The highest BCUT2D eigenvalue weighted by molar-refractivity contribution is 5.95. The largest absolute Gasteiger partial charge is 0.460 e. The lowest BCUT2D eigenvalue weighted by Gasteiger charge is -2.05. The zero-order valence-electron chi connectivity index (χ0n) is 12.7. The first-order valence-corrected chi connectivity index (χ1v) is 7.40. The Morgan fingerprint density at radius 1 is 0.955 bits per heavy atom. The van der Waals surface area contributed by atoms with Crippen LogP contribution in [0.1, 0.15) is 29.5 Å². The minimum Gasteiger partial charge on any atom is -0.460 e. The number of ether oxygens (including phenoxy) is 1. The monoisotopic (exact) mass is 296 g/mol. The molecule has 0 aliphatic heterocycles. The van der Waals surface area contributed by atoms with Gasteiger partial charge in [-0.3, -0.25) is 9.59 Å². The zero-order valence-corrected chi connectivity index (χ0v) is 12.7. The van der Waals surface area contributed by atoms with Crippen molar-refractivity contribution in [1.29, 1.82) is 0 Å². The summed E-state index contributed by atoms with van der Waals surface area (Å²) in [5, 5.41) is 0. The molecule has 0 unspecified atom stereocenters. The molecule has 0 aromatic heterocycles. The van der Waals surface area contributed by atoms with Gasteiger partial charge in [-0.15, -0.1) is 0 Å². The molecule has 0 spiro atoms. The molecule has 0 saturated carbocycles. The van der Waals surface area contributed by atoms with Gasteiger partial charge in [0.1, 0.15) is 18.8 Å². The molecule has 3 heteroatoms. The summed E-state index contributed by atoms with van der Waals surface area (Å²) >= 11 is 0. The third kappa shape index (κ3) is 5.52. The smallest absolute Gasteiger partial charge is 0.313 e. The van der Waals surface area contributed by atoms with E-state index >= 15 is 0 Å². The van der Waals surface area contributed by atoms with Gasteiger partial charge in [0.05, 0.1) is 0 Å². The lowest BCUT2D eigenvalue weighted by molar-refractivity contribution is -0.147. The van der Waals surface area contributed by atoms with E-state index in [0.29, 0.717) is 12.8 Å². The second kappa shape index (κ2) is 8.13. The van der Waals surface area contributed by atoms with Crippen molar-refractivity contribution in [2.24, 2.45) is 0 Å². The van der Waals surface area contributed by atoms with E-state index in [4.69, 9.17) is 4.74 Å². The Morgan fingerprint density at radius 3 is 2.41 bits per heavy atom. The fraction of sp³-hybridized carbons (Fsp3) is 0.263. The summed E-state index contributed by atoms with van der Waals surface area (Å²) in [6.07, 6.45) is 0.870. The van der Waals surface area contributed by atoms with Crippen LogP contribution in [-0.4, -0.2) is 11.8 Å². The fourth-order valence-electron chi connectivity index (χ4n) is 2.19. The number of carbonyl (C=O) groups excluding carboxylic acids is 2. The zero-order chi connectivity index (χ0) is 15.8. The molecule has 0 aliphatic carbocycles. The van der Waals surface area contributed by atoms with Gasteiger partial charge < -0.3 is 4.74 Å². The van der Waals surface area contributed by atoms with Crippen molar-refractivity contribution in [3.8, 4) is 0 Å². The highest BCUT2D eigenvalue weighted by Crippen LogP contribution is 2.08. The summed E-state index contributed by atoms with van der Waals surface area (Å²) in [5.74, 6) is -0.544. The van der Waals surface area contributed by atoms with Crippen LogP contribution >= 0.6 is 0 Å². The Hall–Kier alpha value is -2.42. The number of aryl methyl sites for hydroxylation is 2. The average molecular weight is 296 g/mol. The van der Waals surface area contributed by atoms with Gasteiger partial charge in [-0.25, -0.2) is 0 Å². The van der Waals surface area contributed by atoms with E-state index in [0.717, 1.165) is 11.1 Å². The predicted octanol–water partition coefficient (Wildman–Crippen LogP) is 3.63. The third-order valence-electron chi connectivity index (χ3n) is 3.36. The molecule has 2 aromatic rings. The van der Waals surface area contributed by atoms with Crippen LogP contribution in [0.15, 0.2) is 54.6 Å². The molecule has 0 bridgehead atoms. The summed E-state index contributed by atoms with van der Waals surface area (Å²) in [7, 11) is 0. The van der Waals surface area contributed by atoms with Gasteiger partial charge in [-0.2, -0.15) is 0 Å². The Morgan fingerprint density at radius 2 is 1.68 bits per heavy atom. The SMILES string of the molecule is Cc1cccc(CCC(=O)CC(=O)OCc2ccccc2)c1. The van der Waals surface area contributed by atoms with Gasteiger partial charge in [-0.1, -0.05) is 60.2 Å². The van der Waals surface area contributed by atoms with Gasteiger partial charge >= 0.3 is 5.97 Å². The molecule has 114 valence electrons. The number of rotatable bonds is 7. The Balaban J connectivity index is 1.71. The molecular formula is C19H20O3. The molecule has 22 heavy (non-hydrogen) atoms. The van der Waals surface area contributed by atoms with Crippen LogP contribution in [0.4, 0.5) is 0 Å². The molecule has 0 N–H and O–H groups in total. The van der Waals surface area contributed by atoms with E-state index < -0.39 is 5.97 Å². The van der Waals surface area contributed by atoms with E-state index in [2.05, 4.69) is 6.07 Å². The van der Waals surface area contributed by atoms with Gasteiger partial charge in [0.25, 0.3) is 0 Å². The molecule has 0 fully saturated rings. The van der Waals surface area contributed by atoms with Gasteiger partial charge in [0.15, 0.2) is 0 Å². The van der Waals surface area contributed by atoms with Crippen molar-refractivity contribution in [2.45, 2.75) is 32.8 Å². The molecule has 0 heterocycles. The predicted molar refractivity (Wildman–Crippen MR) is 85.4 cm³/mol. The molecule has 0 saturated heterocycles. The van der Waals surface area contributed by atoms with Crippen molar-refractivity contribution >= 4 is 11.8 Å². The van der Waals surface area contributed by atoms with E-state index in [1.165, 1.54) is 5.56 Å². The maximum Gasteiger partial charge on any atom is 0.313 e. The summed E-state index contributed by atoms with van der Waals surface area (Å²) in [5.41, 5.74) is 3.21. The molecule has 0 amide bonds. The fourth-order valence-corrected chi connectivity index (χ4v) is 2.19. The van der Waals surface area contributed by atoms with Crippen LogP contribution in [0.5, 0.6) is 0 Å². The van der Waals surface area contributed by atoms with Crippen LogP contribution < -0.4 is 0 Å². The standard InChI is InChI=1S/C19H20O3/c1-15-6-5-9-16(12-15)10-11-18(20)13-19(21)22-14-17-7-3-2-4-8-17/h2-9,12H,10-11,13-14H2,1H3. The number of esters is 1. The number of hydrogen-bond donors (Lipinski definition) is 0. The van der Waals surface area contributed by atoms with Gasteiger partial charge in [0, 0.05) is 6.42 Å². The number of carbonyl (C=O) groups is 2. The first-order chi connectivity index (χ1) is 10.6.